The normalized spacial score (nSPS) is 23.0. The number of anilines is 2. The van der Waals surface area contributed by atoms with Crippen LogP contribution in [0.3, 0.4) is 0 Å². The van der Waals surface area contributed by atoms with Crippen LogP contribution >= 0.6 is 0 Å². The van der Waals surface area contributed by atoms with E-state index in [1.165, 1.54) is 0 Å². The van der Waals surface area contributed by atoms with Gasteiger partial charge < -0.3 is 24.3 Å². The third kappa shape index (κ3) is 3.40. The van der Waals surface area contributed by atoms with E-state index >= 15 is 0 Å². The summed E-state index contributed by atoms with van der Waals surface area (Å²) in [6.07, 6.45) is 1.77. The lowest BCUT2D eigenvalue weighted by atomic mass is 10.2. The van der Waals surface area contributed by atoms with Gasteiger partial charge in [-0.2, -0.15) is 9.97 Å². The van der Waals surface area contributed by atoms with Crippen molar-refractivity contribution in [1.29, 1.82) is 0 Å². The molecule has 2 fully saturated rings. The molecular formula is C20H26N7O2+. The Kier molecular flexibility index (Phi) is 4.76. The fourth-order valence-corrected chi connectivity index (χ4v) is 3.95. The summed E-state index contributed by atoms with van der Waals surface area (Å²) in [5.74, 6) is 2.30. The van der Waals surface area contributed by atoms with Crippen LogP contribution in [0.25, 0.3) is 22.7 Å². The third-order valence-electron chi connectivity index (χ3n) is 5.55. The van der Waals surface area contributed by atoms with Crippen molar-refractivity contribution in [3.05, 3.63) is 24.4 Å². The Morgan fingerprint density at radius 2 is 2.03 bits per heavy atom. The highest BCUT2D eigenvalue weighted by Gasteiger charge is 2.29. The lowest BCUT2D eigenvalue weighted by Crippen LogP contribution is -2.47. The molecule has 9 nitrogen and oxygen atoms in total. The van der Waals surface area contributed by atoms with Gasteiger partial charge in [0.25, 0.3) is 0 Å². The summed E-state index contributed by atoms with van der Waals surface area (Å²) in [7, 11) is 0. The number of aliphatic hydroxyl groups is 2. The van der Waals surface area contributed by atoms with E-state index in [9.17, 15) is 0 Å². The summed E-state index contributed by atoms with van der Waals surface area (Å²) in [6.45, 7) is 8.89. The molecule has 0 radical (unpaired) electrons. The van der Waals surface area contributed by atoms with Crippen LogP contribution in [0, 0.1) is 0 Å². The van der Waals surface area contributed by atoms with Crippen molar-refractivity contribution < 1.29 is 9.47 Å². The highest BCUT2D eigenvalue weighted by Crippen LogP contribution is 2.30. The summed E-state index contributed by atoms with van der Waals surface area (Å²) < 4.78 is 10.2. The SMILES string of the molecule is C[C@@H]1C[OH+]CCN1c1nc(N2CCOC[C@H]2C)c2[nH]c(-c3ccccn3)nc2n1. The fraction of sp³-hybridized carbons (Fsp3) is 0.500. The van der Waals surface area contributed by atoms with E-state index in [4.69, 9.17) is 19.7 Å². The van der Waals surface area contributed by atoms with Crippen LogP contribution in [-0.4, -0.2) is 81.3 Å². The minimum absolute atomic E-state index is 0.227. The second-order valence-electron chi connectivity index (χ2n) is 7.64. The summed E-state index contributed by atoms with van der Waals surface area (Å²) in [5, 5.41) is 0. The maximum Gasteiger partial charge on any atom is 0.230 e. The second-order valence-corrected chi connectivity index (χ2v) is 7.64. The van der Waals surface area contributed by atoms with Gasteiger partial charge in [-0.15, -0.1) is 0 Å². The lowest BCUT2D eigenvalue weighted by molar-refractivity contribution is -0.0595. The fourth-order valence-electron chi connectivity index (χ4n) is 3.95. The number of rotatable bonds is 3. The molecule has 2 N–H and O–H groups in total. The van der Waals surface area contributed by atoms with Crippen LogP contribution < -0.4 is 9.80 Å². The molecule has 5 heterocycles. The summed E-state index contributed by atoms with van der Waals surface area (Å²) in [5.41, 5.74) is 2.30. The molecule has 3 aromatic heterocycles. The number of aromatic amines is 1. The lowest BCUT2D eigenvalue weighted by Gasteiger charge is -2.35. The van der Waals surface area contributed by atoms with Crippen LogP contribution in [0.5, 0.6) is 0 Å². The van der Waals surface area contributed by atoms with Gasteiger partial charge in [0.15, 0.2) is 30.5 Å². The number of morpholine rings is 2. The molecule has 0 saturated carbocycles. The van der Waals surface area contributed by atoms with Gasteiger partial charge in [0.2, 0.25) is 5.95 Å². The molecule has 0 aromatic carbocycles. The van der Waals surface area contributed by atoms with Crippen molar-refractivity contribution in [1.82, 2.24) is 24.9 Å². The Labute approximate surface area is 169 Å². The van der Waals surface area contributed by atoms with Crippen molar-refractivity contribution >= 4 is 22.9 Å². The number of nitrogens with one attached hydrogen (secondary N) is 1. The smallest absolute Gasteiger partial charge is 0.230 e. The maximum absolute atomic E-state index is 5.64. The van der Waals surface area contributed by atoms with Gasteiger partial charge in [0.1, 0.15) is 11.2 Å². The first-order valence-electron chi connectivity index (χ1n) is 10.1. The van der Waals surface area contributed by atoms with E-state index < -0.39 is 0 Å². The molecule has 2 atom stereocenters. The molecule has 0 unspecified atom stereocenters. The van der Waals surface area contributed by atoms with Crippen molar-refractivity contribution in [2.24, 2.45) is 0 Å². The molecule has 0 amide bonds. The van der Waals surface area contributed by atoms with E-state index in [1.807, 2.05) is 18.2 Å². The number of imidazole rings is 1. The standard InChI is InChI=1S/C20H25N7O2/c1-13-11-28-9-7-26(13)19-16-18(23-17(22-16)15-5-3-4-6-21-15)24-20(25-19)27-8-10-29-12-14(27)2/h3-6,13-14H,7-12H2,1-2H3,(H,22,23,24,25)/p+1/t13-,14-/m1/s1. The van der Waals surface area contributed by atoms with Gasteiger partial charge >= 0.3 is 0 Å². The van der Waals surface area contributed by atoms with E-state index in [0.717, 1.165) is 43.3 Å². The number of nitrogens with zero attached hydrogens (tertiary/aromatic N) is 6. The van der Waals surface area contributed by atoms with E-state index in [2.05, 4.69) is 38.4 Å². The Hall–Kier alpha value is -2.78. The van der Waals surface area contributed by atoms with E-state index in [-0.39, 0.29) is 12.1 Å². The van der Waals surface area contributed by atoms with Gasteiger partial charge in [-0.25, -0.2) is 4.98 Å². The van der Waals surface area contributed by atoms with Crippen LogP contribution in [0.4, 0.5) is 11.8 Å². The minimum Gasteiger partial charge on any atom is -0.431 e. The third-order valence-corrected chi connectivity index (χ3v) is 5.55. The topological polar surface area (TPSA) is 95.9 Å². The number of hydrogen-bond acceptors (Lipinski definition) is 7. The minimum atomic E-state index is 0.227. The Balaban J connectivity index is 1.65. The van der Waals surface area contributed by atoms with Crippen molar-refractivity contribution in [2.45, 2.75) is 25.9 Å². The van der Waals surface area contributed by atoms with Gasteiger partial charge in [-0.1, -0.05) is 6.07 Å². The second kappa shape index (κ2) is 7.57. The average Bonchev–Trinajstić information content (AvgIpc) is 3.19. The van der Waals surface area contributed by atoms with Crippen LogP contribution in [0.15, 0.2) is 24.4 Å². The Morgan fingerprint density at radius 3 is 2.83 bits per heavy atom. The number of H-pyrrole nitrogens is 1. The van der Waals surface area contributed by atoms with Gasteiger partial charge in [-0.3, -0.25) is 4.98 Å². The number of pyridine rings is 1. The van der Waals surface area contributed by atoms with Gasteiger partial charge in [0, 0.05) is 12.7 Å². The average molecular weight is 396 g/mol. The molecule has 2 saturated heterocycles. The molecule has 152 valence electrons. The van der Waals surface area contributed by atoms with Gasteiger partial charge in [-0.05, 0) is 26.0 Å². The summed E-state index contributed by atoms with van der Waals surface area (Å²) in [6, 6.07) is 6.29. The zero-order valence-electron chi connectivity index (χ0n) is 16.7. The first kappa shape index (κ1) is 18.3. The largest absolute Gasteiger partial charge is 0.431 e. The molecule has 2 aliphatic heterocycles. The molecule has 0 spiro atoms. The van der Waals surface area contributed by atoms with E-state index in [0.29, 0.717) is 30.6 Å². The highest BCUT2D eigenvalue weighted by atomic mass is 16.5. The molecule has 2 aliphatic rings. The monoisotopic (exact) mass is 396 g/mol. The van der Waals surface area contributed by atoms with Crippen LogP contribution in [-0.2, 0) is 4.74 Å². The molecule has 0 aliphatic carbocycles. The summed E-state index contributed by atoms with van der Waals surface area (Å²) in [4.78, 5) is 27.0. The maximum atomic E-state index is 5.64. The number of hydrogen-bond donors (Lipinski definition) is 1. The van der Waals surface area contributed by atoms with Gasteiger partial charge in [0.05, 0.1) is 31.8 Å². The van der Waals surface area contributed by atoms with E-state index in [1.54, 1.807) is 6.20 Å². The first-order chi connectivity index (χ1) is 14.2. The molecule has 3 aromatic rings. The zero-order chi connectivity index (χ0) is 19.8. The Bertz CT molecular complexity index is 993. The summed E-state index contributed by atoms with van der Waals surface area (Å²) >= 11 is 0. The van der Waals surface area contributed by atoms with Crippen LogP contribution in [0.2, 0.25) is 0 Å². The number of fused-ring (bicyclic) bond motifs is 1. The van der Waals surface area contributed by atoms with Crippen molar-refractivity contribution in [3.8, 4) is 11.5 Å². The molecule has 5 rings (SSSR count). The molecule has 9 heteroatoms. The number of ether oxygens (including phenoxy) is 2. The highest BCUT2D eigenvalue weighted by molar-refractivity contribution is 5.87. The van der Waals surface area contributed by atoms with Crippen molar-refractivity contribution in [2.75, 3.05) is 49.3 Å². The zero-order valence-corrected chi connectivity index (χ0v) is 16.7. The Morgan fingerprint density at radius 1 is 1.10 bits per heavy atom. The quantitative estimate of drug-likeness (QED) is 0.668. The predicted octanol–water partition coefficient (Wildman–Crippen LogP) is 1.38. The number of aromatic nitrogens is 5. The molecular weight excluding hydrogens is 370 g/mol. The van der Waals surface area contributed by atoms with Crippen molar-refractivity contribution in [3.63, 3.8) is 0 Å². The first-order valence-corrected chi connectivity index (χ1v) is 10.1. The molecule has 0 bridgehead atoms. The predicted molar refractivity (Wildman–Crippen MR) is 111 cm³/mol. The molecule has 29 heavy (non-hydrogen) atoms. The van der Waals surface area contributed by atoms with Crippen LogP contribution in [0.1, 0.15) is 13.8 Å².